The normalized spacial score (nSPS) is 12.2. The summed E-state index contributed by atoms with van der Waals surface area (Å²) in [5.41, 5.74) is 6.58. The van der Waals surface area contributed by atoms with E-state index in [1.807, 2.05) is 32.0 Å². The lowest BCUT2D eigenvalue weighted by Gasteiger charge is -2.17. The van der Waals surface area contributed by atoms with Crippen molar-refractivity contribution in [3.8, 4) is 11.5 Å². The quantitative estimate of drug-likeness (QED) is 0.769. The Hall–Kier alpha value is -1.26. The zero-order chi connectivity index (χ0) is 12.0. The average Bonchev–Trinajstić information content (AvgIpc) is 2.31. The lowest BCUT2D eigenvalue weighted by molar-refractivity contribution is 0.255. The van der Waals surface area contributed by atoms with Crippen molar-refractivity contribution < 1.29 is 14.6 Å². The Morgan fingerprint density at radius 2 is 1.94 bits per heavy atom. The molecule has 3 N–H and O–H groups in total. The fraction of sp³-hybridized carbons (Fsp3) is 0.500. The van der Waals surface area contributed by atoms with E-state index < -0.39 is 6.04 Å². The molecule has 0 aliphatic rings. The Labute approximate surface area is 96.0 Å². The molecule has 0 amide bonds. The van der Waals surface area contributed by atoms with Gasteiger partial charge in [-0.1, -0.05) is 12.1 Å². The molecule has 0 aliphatic heterocycles. The predicted octanol–water partition coefficient (Wildman–Crippen LogP) is 1.48. The third-order valence-corrected chi connectivity index (χ3v) is 2.19. The van der Waals surface area contributed by atoms with Gasteiger partial charge in [0.1, 0.15) is 0 Å². The number of ether oxygens (including phenoxy) is 2. The lowest BCUT2D eigenvalue weighted by Crippen LogP contribution is -2.16. The molecule has 0 heterocycles. The number of aliphatic hydroxyl groups excluding tert-OH is 1. The van der Waals surface area contributed by atoms with Crippen LogP contribution in [0.4, 0.5) is 0 Å². The average molecular weight is 225 g/mol. The van der Waals surface area contributed by atoms with E-state index in [-0.39, 0.29) is 6.61 Å². The first-order valence-corrected chi connectivity index (χ1v) is 5.49. The standard InChI is InChI=1S/C12H19NO3/c1-3-15-11-7-5-6-9(10(13)8-14)12(11)16-4-2/h5-7,10,14H,3-4,8,13H2,1-2H3/t10-/m1/s1. The third-order valence-electron chi connectivity index (χ3n) is 2.19. The second-order valence-electron chi connectivity index (χ2n) is 3.33. The maximum atomic E-state index is 9.08. The fourth-order valence-corrected chi connectivity index (χ4v) is 1.49. The van der Waals surface area contributed by atoms with E-state index in [0.29, 0.717) is 24.7 Å². The van der Waals surface area contributed by atoms with Gasteiger partial charge >= 0.3 is 0 Å². The van der Waals surface area contributed by atoms with Crippen molar-refractivity contribution in [2.75, 3.05) is 19.8 Å². The maximum absolute atomic E-state index is 9.08. The Morgan fingerprint density at radius 3 is 2.50 bits per heavy atom. The molecule has 0 fully saturated rings. The second-order valence-corrected chi connectivity index (χ2v) is 3.33. The minimum absolute atomic E-state index is 0.115. The van der Waals surface area contributed by atoms with Crippen LogP contribution in [0.15, 0.2) is 18.2 Å². The van der Waals surface area contributed by atoms with E-state index in [4.69, 9.17) is 20.3 Å². The molecule has 4 nitrogen and oxygen atoms in total. The van der Waals surface area contributed by atoms with E-state index in [0.717, 1.165) is 5.56 Å². The topological polar surface area (TPSA) is 64.7 Å². The van der Waals surface area contributed by atoms with Crippen molar-refractivity contribution in [1.29, 1.82) is 0 Å². The van der Waals surface area contributed by atoms with Gasteiger partial charge in [-0.3, -0.25) is 0 Å². The molecular formula is C12H19NO3. The number of hydrogen-bond acceptors (Lipinski definition) is 4. The van der Waals surface area contributed by atoms with Crippen LogP contribution in [0.25, 0.3) is 0 Å². The summed E-state index contributed by atoms with van der Waals surface area (Å²) < 4.78 is 11.0. The van der Waals surface area contributed by atoms with Crippen molar-refractivity contribution in [2.45, 2.75) is 19.9 Å². The summed E-state index contributed by atoms with van der Waals surface area (Å²) in [5.74, 6) is 1.30. The van der Waals surface area contributed by atoms with Gasteiger partial charge in [0.2, 0.25) is 0 Å². The van der Waals surface area contributed by atoms with E-state index in [1.165, 1.54) is 0 Å². The second kappa shape index (κ2) is 6.35. The zero-order valence-corrected chi connectivity index (χ0v) is 9.77. The maximum Gasteiger partial charge on any atom is 0.165 e. The molecule has 1 aromatic rings. The van der Waals surface area contributed by atoms with Crippen LogP contribution in [0.2, 0.25) is 0 Å². The largest absolute Gasteiger partial charge is 0.490 e. The Bertz CT molecular complexity index is 328. The molecule has 1 atom stereocenters. The first kappa shape index (κ1) is 12.8. The number of hydrogen-bond donors (Lipinski definition) is 2. The van der Waals surface area contributed by atoms with Gasteiger partial charge in [-0.25, -0.2) is 0 Å². The van der Waals surface area contributed by atoms with Crippen LogP contribution < -0.4 is 15.2 Å². The summed E-state index contributed by atoms with van der Waals surface area (Å²) in [6, 6.07) is 5.08. The molecule has 90 valence electrons. The van der Waals surface area contributed by atoms with Crippen molar-refractivity contribution >= 4 is 0 Å². The minimum Gasteiger partial charge on any atom is -0.490 e. The molecule has 0 aromatic heterocycles. The Balaban J connectivity index is 3.09. The van der Waals surface area contributed by atoms with Crippen LogP contribution in [-0.4, -0.2) is 24.9 Å². The van der Waals surface area contributed by atoms with Crippen LogP contribution in [0, 0.1) is 0 Å². The smallest absolute Gasteiger partial charge is 0.165 e. The minimum atomic E-state index is -0.443. The van der Waals surface area contributed by atoms with Gasteiger partial charge in [-0.2, -0.15) is 0 Å². The van der Waals surface area contributed by atoms with E-state index in [9.17, 15) is 0 Å². The van der Waals surface area contributed by atoms with Crippen LogP contribution in [0.5, 0.6) is 11.5 Å². The summed E-state index contributed by atoms with van der Waals surface area (Å²) in [5, 5.41) is 9.08. The molecule has 4 heteroatoms. The summed E-state index contributed by atoms with van der Waals surface area (Å²) in [7, 11) is 0. The molecule has 0 aliphatic carbocycles. The van der Waals surface area contributed by atoms with Gasteiger partial charge in [-0.05, 0) is 19.9 Å². The molecule has 1 rings (SSSR count). The highest BCUT2D eigenvalue weighted by Gasteiger charge is 2.15. The lowest BCUT2D eigenvalue weighted by atomic mass is 10.1. The molecule has 0 radical (unpaired) electrons. The number of nitrogens with two attached hydrogens (primary N) is 1. The zero-order valence-electron chi connectivity index (χ0n) is 9.77. The first-order chi connectivity index (χ1) is 7.74. The summed E-state index contributed by atoms with van der Waals surface area (Å²) in [4.78, 5) is 0. The summed E-state index contributed by atoms with van der Waals surface area (Å²) in [6.07, 6.45) is 0. The monoisotopic (exact) mass is 225 g/mol. The van der Waals surface area contributed by atoms with Crippen LogP contribution in [-0.2, 0) is 0 Å². The van der Waals surface area contributed by atoms with Crippen molar-refractivity contribution in [2.24, 2.45) is 5.73 Å². The number of benzene rings is 1. The molecular weight excluding hydrogens is 206 g/mol. The van der Waals surface area contributed by atoms with Gasteiger partial charge < -0.3 is 20.3 Å². The first-order valence-electron chi connectivity index (χ1n) is 5.49. The van der Waals surface area contributed by atoms with Gasteiger partial charge in [0.25, 0.3) is 0 Å². The summed E-state index contributed by atoms with van der Waals surface area (Å²) in [6.45, 7) is 4.80. The van der Waals surface area contributed by atoms with Crippen LogP contribution in [0.1, 0.15) is 25.5 Å². The highest BCUT2D eigenvalue weighted by atomic mass is 16.5. The van der Waals surface area contributed by atoms with E-state index >= 15 is 0 Å². The molecule has 16 heavy (non-hydrogen) atoms. The molecule has 0 saturated heterocycles. The van der Waals surface area contributed by atoms with Crippen LogP contribution >= 0.6 is 0 Å². The molecule has 0 unspecified atom stereocenters. The SMILES string of the molecule is CCOc1cccc([C@H](N)CO)c1OCC. The van der Waals surface area contributed by atoms with E-state index in [2.05, 4.69) is 0 Å². The highest BCUT2D eigenvalue weighted by molar-refractivity contribution is 5.48. The molecule has 0 saturated carbocycles. The fourth-order valence-electron chi connectivity index (χ4n) is 1.49. The van der Waals surface area contributed by atoms with Crippen molar-refractivity contribution in [3.63, 3.8) is 0 Å². The Kier molecular flexibility index (Phi) is 5.08. The predicted molar refractivity (Wildman–Crippen MR) is 62.8 cm³/mol. The van der Waals surface area contributed by atoms with Gasteiger partial charge in [0, 0.05) is 5.56 Å². The van der Waals surface area contributed by atoms with Crippen molar-refractivity contribution in [1.82, 2.24) is 0 Å². The molecule has 0 spiro atoms. The van der Waals surface area contributed by atoms with Gasteiger partial charge in [0.05, 0.1) is 25.9 Å². The summed E-state index contributed by atoms with van der Waals surface area (Å²) >= 11 is 0. The third kappa shape index (κ3) is 2.87. The van der Waals surface area contributed by atoms with E-state index in [1.54, 1.807) is 0 Å². The number of rotatable bonds is 6. The van der Waals surface area contributed by atoms with Crippen molar-refractivity contribution in [3.05, 3.63) is 23.8 Å². The molecule has 1 aromatic carbocycles. The van der Waals surface area contributed by atoms with Gasteiger partial charge in [0.15, 0.2) is 11.5 Å². The number of para-hydroxylation sites is 1. The highest BCUT2D eigenvalue weighted by Crippen LogP contribution is 2.34. The number of aliphatic hydroxyl groups is 1. The van der Waals surface area contributed by atoms with Gasteiger partial charge in [-0.15, -0.1) is 0 Å². The van der Waals surface area contributed by atoms with Crippen LogP contribution in [0.3, 0.4) is 0 Å². The molecule has 0 bridgehead atoms. The Morgan fingerprint density at radius 1 is 1.25 bits per heavy atom.